The van der Waals surface area contributed by atoms with Gasteiger partial charge in [-0.1, -0.05) is 36.4 Å². The number of halogens is 2. The molecule has 0 bridgehead atoms. The molecule has 0 unspecified atom stereocenters. The molecule has 0 fully saturated rings. The Kier molecular flexibility index (Phi) is 4.18. The quantitative estimate of drug-likeness (QED) is 0.542. The Morgan fingerprint density at radius 1 is 0.903 bits per heavy atom. The highest BCUT2D eigenvalue weighted by atomic mass is 19.3. The van der Waals surface area contributed by atoms with Gasteiger partial charge in [0.1, 0.15) is 0 Å². The molecule has 1 amide bonds. The molecule has 5 rings (SSSR count). The largest absolute Gasteiger partial charge is 0.586 e. The number of nitrogens with one attached hydrogen (secondary N) is 1. The molecule has 0 spiro atoms. The van der Waals surface area contributed by atoms with E-state index < -0.39 is 12.2 Å². The van der Waals surface area contributed by atoms with Gasteiger partial charge in [-0.25, -0.2) is 0 Å². The fraction of sp³-hybridized carbons (Fsp3) is 0.0455. The monoisotopic (exact) mass is 421 g/mol. The first kappa shape index (κ1) is 18.7. The summed E-state index contributed by atoms with van der Waals surface area (Å²) in [5, 5.41) is 7.57. The summed E-state index contributed by atoms with van der Waals surface area (Å²) in [6.07, 6.45) is -3.76. The zero-order valence-electron chi connectivity index (χ0n) is 15.7. The SMILES string of the molecule is O=C(Nc1ccc2c(c1)OC(F)(F)O2)c1nn(-c2ccccc2)c(=O)c2ccccc12. The number of carbonyl (C=O) groups is 1. The molecule has 1 aliphatic heterocycles. The molecule has 7 nitrogen and oxygen atoms in total. The Morgan fingerprint density at radius 3 is 2.35 bits per heavy atom. The molecule has 4 aromatic rings. The van der Waals surface area contributed by atoms with Gasteiger partial charge in [0, 0.05) is 17.1 Å². The van der Waals surface area contributed by atoms with Gasteiger partial charge >= 0.3 is 6.29 Å². The van der Waals surface area contributed by atoms with E-state index in [9.17, 15) is 18.4 Å². The Labute approximate surface area is 173 Å². The molecule has 3 aromatic carbocycles. The van der Waals surface area contributed by atoms with E-state index in [1.54, 1.807) is 54.6 Å². The van der Waals surface area contributed by atoms with Crippen LogP contribution in [0, 0.1) is 0 Å². The van der Waals surface area contributed by atoms with Crippen molar-refractivity contribution in [3.05, 3.63) is 88.8 Å². The Morgan fingerprint density at radius 2 is 1.58 bits per heavy atom. The second kappa shape index (κ2) is 6.91. The van der Waals surface area contributed by atoms with Gasteiger partial charge in [0.05, 0.1) is 11.1 Å². The molecule has 0 aliphatic carbocycles. The predicted molar refractivity (Wildman–Crippen MR) is 108 cm³/mol. The smallest absolute Gasteiger partial charge is 0.395 e. The van der Waals surface area contributed by atoms with Gasteiger partial charge in [0.25, 0.3) is 11.5 Å². The van der Waals surface area contributed by atoms with Crippen molar-refractivity contribution in [3.8, 4) is 17.2 Å². The van der Waals surface area contributed by atoms with Crippen molar-refractivity contribution < 1.29 is 23.0 Å². The van der Waals surface area contributed by atoms with Crippen LogP contribution in [0.5, 0.6) is 11.5 Å². The van der Waals surface area contributed by atoms with Gasteiger partial charge in [-0.15, -0.1) is 8.78 Å². The molecular formula is C22H13F2N3O4. The second-order valence-electron chi connectivity index (χ2n) is 6.73. The third kappa shape index (κ3) is 3.35. The van der Waals surface area contributed by atoms with Crippen LogP contribution in [-0.2, 0) is 0 Å². The summed E-state index contributed by atoms with van der Waals surface area (Å²) in [5.74, 6) is -0.953. The molecule has 0 radical (unpaired) electrons. The van der Waals surface area contributed by atoms with Crippen LogP contribution in [-0.4, -0.2) is 22.0 Å². The van der Waals surface area contributed by atoms with Crippen molar-refractivity contribution in [2.24, 2.45) is 0 Å². The van der Waals surface area contributed by atoms with E-state index in [-0.39, 0.29) is 28.4 Å². The van der Waals surface area contributed by atoms with Crippen LogP contribution in [0.3, 0.4) is 0 Å². The summed E-state index contributed by atoms with van der Waals surface area (Å²) in [4.78, 5) is 26.0. The number of amides is 1. The third-order valence-corrected chi connectivity index (χ3v) is 4.68. The first-order chi connectivity index (χ1) is 14.9. The van der Waals surface area contributed by atoms with Crippen LogP contribution in [0.15, 0.2) is 77.6 Å². The van der Waals surface area contributed by atoms with Crippen molar-refractivity contribution in [2.45, 2.75) is 6.29 Å². The molecule has 0 saturated carbocycles. The highest BCUT2D eigenvalue weighted by Gasteiger charge is 2.43. The number of hydrogen-bond acceptors (Lipinski definition) is 5. The lowest BCUT2D eigenvalue weighted by Crippen LogP contribution is -2.26. The number of nitrogens with zero attached hydrogens (tertiary/aromatic N) is 2. The zero-order chi connectivity index (χ0) is 21.6. The molecule has 1 aliphatic rings. The number of benzene rings is 3. The standard InChI is InChI=1S/C22H13F2N3O4/c23-22(24)30-17-11-10-13(12-18(17)31-22)25-20(28)19-15-8-4-5-9-16(15)21(29)27(26-19)14-6-2-1-3-7-14/h1-12H,(H,25,28). The van der Waals surface area contributed by atoms with Crippen molar-refractivity contribution in [1.82, 2.24) is 9.78 Å². The van der Waals surface area contributed by atoms with Gasteiger partial charge in [-0.3, -0.25) is 9.59 Å². The summed E-state index contributed by atoms with van der Waals surface area (Å²) in [7, 11) is 0. The Balaban J connectivity index is 1.57. The number of para-hydroxylation sites is 1. The number of carbonyl (C=O) groups excluding carboxylic acids is 1. The van der Waals surface area contributed by atoms with Crippen molar-refractivity contribution in [2.75, 3.05) is 5.32 Å². The molecule has 1 N–H and O–H groups in total. The van der Waals surface area contributed by atoms with Gasteiger partial charge in [-0.05, 0) is 30.3 Å². The van der Waals surface area contributed by atoms with Gasteiger partial charge in [0.2, 0.25) is 0 Å². The highest BCUT2D eigenvalue weighted by Crippen LogP contribution is 2.42. The molecule has 0 saturated heterocycles. The first-order valence-electron chi connectivity index (χ1n) is 9.20. The lowest BCUT2D eigenvalue weighted by Gasteiger charge is -2.11. The van der Waals surface area contributed by atoms with Crippen LogP contribution >= 0.6 is 0 Å². The molecule has 154 valence electrons. The van der Waals surface area contributed by atoms with Gasteiger partial charge in [-0.2, -0.15) is 9.78 Å². The topological polar surface area (TPSA) is 82.4 Å². The van der Waals surface area contributed by atoms with E-state index in [1.165, 1.54) is 18.2 Å². The number of ether oxygens (including phenoxy) is 2. The van der Waals surface area contributed by atoms with E-state index in [1.807, 2.05) is 0 Å². The van der Waals surface area contributed by atoms with E-state index in [4.69, 9.17) is 0 Å². The summed E-state index contributed by atoms with van der Waals surface area (Å²) < 4.78 is 36.4. The van der Waals surface area contributed by atoms with Crippen molar-refractivity contribution >= 4 is 22.4 Å². The summed E-state index contributed by atoms with van der Waals surface area (Å²) in [6, 6.07) is 19.2. The first-order valence-corrected chi connectivity index (χ1v) is 9.20. The highest BCUT2D eigenvalue weighted by molar-refractivity contribution is 6.11. The fourth-order valence-electron chi connectivity index (χ4n) is 3.32. The number of alkyl halides is 2. The summed E-state index contributed by atoms with van der Waals surface area (Å²) in [5.41, 5.74) is 0.330. The fourth-order valence-corrected chi connectivity index (χ4v) is 3.32. The van der Waals surface area contributed by atoms with Crippen molar-refractivity contribution in [1.29, 1.82) is 0 Å². The van der Waals surface area contributed by atoms with E-state index in [2.05, 4.69) is 19.9 Å². The molecule has 0 atom stereocenters. The number of anilines is 1. The zero-order valence-corrected chi connectivity index (χ0v) is 15.7. The normalized spacial score (nSPS) is 13.9. The number of fused-ring (bicyclic) bond motifs is 2. The summed E-state index contributed by atoms with van der Waals surface area (Å²) in [6.45, 7) is 0. The van der Waals surface area contributed by atoms with Gasteiger partial charge in [0.15, 0.2) is 17.2 Å². The minimum absolute atomic E-state index is 0.00190. The number of hydrogen-bond donors (Lipinski definition) is 1. The molecule has 31 heavy (non-hydrogen) atoms. The van der Waals surface area contributed by atoms with E-state index in [0.717, 1.165) is 4.68 Å². The Bertz CT molecular complexity index is 1390. The van der Waals surface area contributed by atoms with Crippen molar-refractivity contribution in [3.63, 3.8) is 0 Å². The van der Waals surface area contributed by atoms with Crippen LogP contribution in [0.25, 0.3) is 16.5 Å². The van der Waals surface area contributed by atoms with Crippen LogP contribution < -0.4 is 20.3 Å². The lowest BCUT2D eigenvalue weighted by molar-refractivity contribution is -0.286. The predicted octanol–water partition coefficient (Wildman–Crippen LogP) is 3.96. The van der Waals surface area contributed by atoms with E-state index in [0.29, 0.717) is 16.5 Å². The lowest BCUT2D eigenvalue weighted by atomic mass is 10.1. The number of rotatable bonds is 3. The second-order valence-corrected chi connectivity index (χ2v) is 6.73. The third-order valence-electron chi connectivity index (χ3n) is 4.68. The van der Waals surface area contributed by atoms with Gasteiger partial charge < -0.3 is 14.8 Å². The molecule has 2 heterocycles. The maximum absolute atomic E-state index is 13.2. The maximum atomic E-state index is 13.2. The maximum Gasteiger partial charge on any atom is 0.586 e. The average Bonchev–Trinajstić information content (AvgIpc) is 3.08. The van der Waals surface area contributed by atoms with Crippen LogP contribution in [0.1, 0.15) is 10.5 Å². The molecular weight excluding hydrogens is 408 g/mol. The molecule has 1 aromatic heterocycles. The van der Waals surface area contributed by atoms with Crippen LogP contribution in [0.2, 0.25) is 0 Å². The number of aromatic nitrogens is 2. The molecule has 9 heteroatoms. The average molecular weight is 421 g/mol. The minimum atomic E-state index is -3.76. The summed E-state index contributed by atoms with van der Waals surface area (Å²) >= 11 is 0. The Hall–Kier alpha value is -4.27. The van der Waals surface area contributed by atoms with Crippen LogP contribution in [0.4, 0.5) is 14.5 Å². The minimum Gasteiger partial charge on any atom is -0.395 e. The van der Waals surface area contributed by atoms with E-state index >= 15 is 0 Å².